The van der Waals surface area contributed by atoms with E-state index in [9.17, 15) is 4.79 Å². The van der Waals surface area contributed by atoms with Crippen LogP contribution in [-0.4, -0.2) is 30.0 Å². The fourth-order valence-corrected chi connectivity index (χ4v) is 3.27. The SMILES string of the molecule is CCCC(CN)C(=O)NCC1CCCCS1. The lowest BCUT2D eigenvalue weighted by atomic mass is 10.0. The molecule has 3 nitrogen and oxygen atoms in total. The van der Waals surface area contributed by atoms with E-state index in [2.05, 4.69) is 12.2 Å². The number of nitrogens with two attached hydrogens (primary N) is 1. The summed E-state index contributed by atoms with van der Waals surface area (Å²) < 4.78 is 0. The van der Waals surface area contributed by atoms with Crippen LogP contribution in [0.25, 0.3) is 0 Å². The average molecular weight is 244 g/mol. The van der Waals surface area contributed by atoms with Crippen molar-refractivity contribution < 1.29 is 4.79 Å². The summed E-state index contributed by atoms with van der Waals surface area (Å²) in [7, 11) is 0. The van der Waals surface area contributed by atoms with Gasteiger partial charge in [-0.15, -0.1) is 0 Å². The number of nitrogens with one attached hydrogen (secondary N) is 1. The third-order valence-electron chi connectivity index (χ3n) is 3.07. The number of carbonyl (C=O) groups excluding carboxylic acids is 1. The molecule has 0 aromatic carbocycles. The Morgan fingerprint density at radius 3 is 2.94 bits per heavy atom. The highest BCUT2D eigenvalue weighted by molar-refractivity contribution is 7.99. The molecule has 2 atom stereocenters. The molecule has 0 radical (unpaired) electrons. The third-order valence-corrected chi connectivity index (χ3v) is 4.47. The normalized spacial score (nSPS) is 22.8. The fraction of sp³-hybridized carbons (Fsp3) is 0.917. The van der Waals surface area contributed by atoms with Gasteiger partial charge in [0.1, 0.15) is 0 Å². The summed E-state index contributed by atoms with van der Waals surface area (Å²) >= 11 is 1.99. The maximum Gasteiger partial charge on any atom is 0.224 e. The van der Waals surface area contributed by atoms with Gasteiger partial charge in [0.2, 0.25) is 5.91 Å². The molecular weight excluding hydrogens is 220 g/mol. The largest absolute Gasteiger partial charge is 0.355 e. The molecule has 1 saturated heterocycles. The first kappa shape index (κ1) is 13.8. The van der Waals surface area contributed by atoms with Gasteiger partial charge in [0.05, 0.1) is 5.92 Å². The van der Waals surface area contributed by atoms with Gasteiger partial charge in [-0.25, -0.2) is 0 Å². The van der Waals surface area contributed by atoms with Crippen LogP contribution in [-0.2, 0) is 4.79 Å². The second-order valence-electron chi connectivity index (χ2n) is 4.46. The number of amides is 1. The Balaban J connectivity index is 2.21. The van der Waals surface area contributed by atoms with Crippen LogP contribution in [0, 0.1) is 5.92 Å². The van der Waals surface area contributed by atoms with E-state index >= 15 is 0 Å². The molecule has 1 heterocycles. The molecule has 94 valence electrons. The Bertz CT molecular complexity index is 205. The van der Waals surface area contributed by atoms with Gasteiger partial charge in [0.15, 0.2) is 0 Å². The zero-order chi connectivity index (χ0) is 11.8. The van der Waals surface area contributed by atoms with Gasteiger partial charge >= 0.3 is 0 Å². The quantitative estimate of drug-likeness (QED) is 0.748. The Kier molecular flexibility index (Phi) is 6.88. The van der Waals surface area contributed by atoms with Crippen LogP contribution in [0.5, 0.6) is 0 Å². The van der Waals surface area contributed by atoms with Crippen molar-refractivity contribution in [3.63, 3.8) is 0 Å². The summed E-state index contributed by atoms with van der Waals surface area (Å²) in [6, 6.07) is 0. The minimum absolute atomic E-state index is 0.0126. The van der Waals surface area contributed by atoms with Gasteiger partial charge < -0.3 is 11.1 Å². The molecule has 0 spiro atoms. The summed E-state index contributed by atoms with van der Waals surface area (Å²) in [4.78, 5) is 11.8. The Morgan fingerprint density at radius 1 is 1.56 bits per heavy atom. The van der Waals surface area contributed by atoms with Gasteiger partial charge in [-0.1, -0.05) is 19.8 Å². The van der Waals surface area contributed by atoms with Crippen molar-refractivity contribution in [2.75, 3.05) is 18.8 Å². The van der Waals surface area contributed by atoms with Crippen molar-refractivity contribution in [3.8, 4) is 0 Å². The molecule has 16 heavy (non-hydrogen) atoms. The number of carbonyl (C=O) groups is 1. The van der Waals surface area contributed by atoms with Gasteiger partial charge in [-0.05, 0) is 25.0 Å². The molecule has 1 amide bonds. The van der Waals surface area contributed by atoms with E-state index in [1.165, 1.54) is 25.0 Å². The molecule has 0 bridgehead atoms. The first-order chi connectivity index (χ1) is 7.77. The van der Waals surface area contributed by atoms with Crippen molar-refractivity contribution in [2.24, 2.45) is 11.7 Å². The highest BCUT2D eigenvalue weighted by atomic mass is 32.2. The first-order valence-corrected chi connectivity index (χ1v) is 7.42. The molecule has 1 aliphatic heterocycles. The summed E-state index contributed by atoms with van der Waals surface area (Å²) in [5.41, 5.74) is 5.60. The molecule has 2 unspecified atom stereocenters. The number of hydrogen-bond donors (Lipinski definition) is 2. The molecule has 1 fully saturated rings. The van der Waals surface area contributed by atoms with Crippen molar-refractivity contribution in [3.05, 3.63) is 0 Å². The molecular formula is C12H24N2OS. The van der Waals surface area contributed by atoms with E-state index in [4.69, 9.17) is 5.73 Å². The van der Waals surface area contributed by atoms with Crippen molar-refractivity contribution in [1.29, 1.82) is 0 Å². The molecule has 1 rings (SSSR count). The second-order valence-corrected chi connectivity index (χ2v) is 5.86. The fourth-order valence-electron chi connectivity index (χ4n) is 2.03. The van der Waals surface area contributed by atoms with Gasteiger partial charge in [0.25, 0.3) is 0 Å². The predicted molar refractivity (Wildman–Crippen MR) is 70.6 cm³/mol. The first-order valence-electron chi connectivity index (χ1n) is 6.37. The van der Waals surface area contributed by atoms with Gasteiger partial charge in [-0.2, -0.15) is 11.8 Å². The molecule has 0 aromatic rings. The van der Waals surface area contributed by atoms with Gasteiger partial charge in [-0.3, -0.25) is 4.79 Å². The molecule has 0 saturated carbocycles. The molecule has 3 N–H and O–H groups in total. The lowest BCUT2D eigenvalue weighted by Crippen LogP contribution is -2.38. The van der Waals surface area contributed by atoms with E-state index in [1.807, 2.05) is 11.8 Å². The van der Waals surface area contributed by atoms with Crippen molar-refractivity contribution in [1.82, 2.24) is 5.32 Å². The number of hydrogen-bond acceptors (Lipinski definition) is 3. The highest BCUT2D eigenvalue weighted by Crippen LogP contribution is 2.24. The van der Waals surface area contributed by atoms with Crippen LogP contribution in [0.4, 0.5) is 0 Å². The van der Waals surface area contributed by atoms with E-state index in [0.29, 0.717) is 11.8 Å². The summed E-state index contributed by atoms with van der Waals surface area (Å²) in [6.45, 7) is 3.38. The Labute approximate surface area is 103 Å². The van der Waals surface area contributed by atoms with E-state index in [0.717, 1.165) is 19.4 Å². The standard InChI is InChI=1S/C12H24N2OS/c1-2-5-10(8-13)12(15)14-9-11-6-3-4-7-16-11/h10-11H,2-9,13H2,1H3,(H,14,15). The van der Waals surface area contributed by atoms with E-state index in [-0.39, 0.29) is 11.8 Å². The molecule has 1 aliphatic rings. The van der Waals surface area contributed by atoms with E-state index in [1.54, 1.807) is 0 Å². The van der Waals surface area contributed by atoms with Crippen LogP contribution in [0.1, 0.15) is 39.0 Å². The van der Waals surface area contributed by atoms with Crippen LogP contribution < -0.4 is 11.1 Å². The second kappa shape index (κ2) is 7.96. The Hall–Kier alpha value is -0.220. The minimum atomic E-state index is 0.0126. The monoisotopic (exact) mass is 244 g/mol. The smallest absolute Gasteiger partial charge is 0.224 e. The minimum Gasteiger partial charge on any atom is -0.355 e. The topological polar surface area (TPSA) is 55.1 Å². The number of thioether (sulfide) groups is 1. The molecule has 0 aliphatic carbocycles. The Morgan fingerprint density at radius 2 is 2.38 bits per heavy atom. The average Bonchev–Trinajstić information content (AvgIpc) is 2.34. The maximum atomic E-state index is 11.8. The summed E-state index contributed by atoms with van der Waals surface area (Å²) in [6.07, 6.45) is 5.80. The predicted octanol–water partition coefficient (Wildman–Crippen LogP) is 1.76. The zero-order valence-corrected chi connectivity index (χ0v) is 11.0. The van der Waals surface area contributed by atoms with E-state index < -0.39 is 0 Å². The molecule has 0 aromatic heterocycles. The maximum absolute atomic E-state index is 11.8. The van der Waals surface area contributed by atoms with Crippen LogP contribution in [0.15, 0.2) is 0 Å². The third kappa shape index (κ3) is 4.74. The lowest BCUT2D eigenvalue weighted by Gasteiger charge is -2.22. The van der Waals surface area contributed by atoms with Crippen molar-refractivity contribution in [2.45, 2.75) is 44.3 Å². The lowest BCUT2D eigenvalue weighted by molar-refractivity contribution is -0.124. The number of rotatable bonds is 6. The van der Waals surface area contributed by atoms with Crippen molar-refractivity contribution >= 4 is 17.7 Å². The highest BCUT2D eigenvalue weighted by Gasteiger charge is 2.18. The zero-order valence-electron chi connectivity index (χ0n) is 10.2. The van der Waals surface area contributed by atoms with Crippen LogP contribution in [0.3, 0.4) is 0 Å². The van der Waals surface area contributed by atoms with Gasteiger partial charge in [0, 0.05) is 18.3 Å². The summed E-state index contributed by atoms with van der Waals surface area (Å²) in [5, 5.41) is 3.67. The van der Waals surface area contributed by atoms with Crippen LogP contribution >= 0.6 is 11.8 Å². The molecule has 4 heteroatoms. The summed E-state index contributed by atoms with van der Waals surface area (Å²) in [5.74, 6) is 1.41. The van der Waals surface area contributed by atoms with Crippen LogP contribution in [0.2, 0.25) is 0 Å².